The second kappa shape index (κ2) is 6.08. The summed E-state index contributed by atoms with van der Waals surface area (Å²) in [6.45, 7) is 0. The SMILES string of the molecule is NC(=O)CC[C@H](NC(=O)c1cc2ccccc2[nH]1)C(=O)O. The smallest absolute Gasteiger partial charge is 0.326 e. The van der Waals surface area contributed by atoms with Crippen molar-refractivity contribution in [2.24, 2.45) is 5.73 Å². The fraction of sp³-hybridized carbons (Fsp3) is 0.214. The molecule has 0 bridgehead atoms. The normalized spacial score (nSPS) is 12.0. The molecule has 5 N–H and O–H groups in total. The first-order valence-electron chi connectivity index (χ1n) is 6.37. The maximum Gasteiger partial charge on any atom is 0.326 e. The number of aliphatic carboxylic acids is 1. The van der Waals surface area contributed by atoms with Gasteiger partial charge in [-0.25, -0.2) is 4.79 Å². The van der Waals surface area contributed by atoms with E-state index in [-0.39, 0.29) is 18.5 Å². The molecule has 0 saturated heterocycles. The summed E-state index contributed by atoms with van der Waals surface area (Å²) in [7, 11) is 0. The monoisotopic (exact) mass is 289 g/mol. The molecule has 0 spiro atoms. The number of aromatic amines is 1. The van der Waals surface area contributed by atoms with Crippen molar-refractivity contribution in [3.05, 3.63) is 36.0 Å². The number of nitrogens with two attached hydrogens (primary N) is 1. The summed E-state index contributed by atoms with van der Waals surface area (Å²) < 4.78 is 0. The Hall–Kier alpha value is -2.83. The van der Waals surface area contributed by atoms with E-state index < -0.39 is 23.8 Å². The molecule has 0 aliphatic carbocycles. The van der Waals surface area contributed by atoms with Crippen LogP contribution >= 0.6 is 0 Å². The lowest BCUT2D eigenvalue weighted by molar-refractivity contribution is -0.139. The molecule has 0 fully saturated rings. The van der Waals surface area contributed by atoms with Gasteiger partial charge in [0.15, 0.2) is 0 Å². The lowest BCUT2D eigenvalue weighted by Gasteiger charge is -2.12. The van der Waals surface area contributed by atoms with Gasteiger partial charge in [-0.15, -0.1) is 0 Å². The lowest BCUT2D eigenvalue weighted by Crippen LogP contribution is -2.41. The van der Waals surface area contributed by atoms with Crippen molar-refractivity contribution in [3.8, 4) is 0 Å². The number of fused-ring (bicyclic) bond motifs is 1. The Balaban J connectivity index is 2.10. The molecule has 1 aromatic heterocycles. The number of carboxylic acids is 1. The van der Waals surface area contributed by atoms with Gasteiger partial charge in [-0.1, -0.05) is 18.2 Å². The zero-order valence-corrected chi connectivity index (χ0v) is 11.1. The number of rotatable bonds is 6. The number of aromatic nitrogens is 1. The van der Waals surface area contributed by atoms with Crippen LogP contribution in [0.15, 0.2) is 30.3 Å². The average molecular weight is 289 g/mol. The maximum absolute atomic E-state index is 12.1. The number of carbonyl (C=O) groups is 3. The highest BCUT2D eigenvalue weighted by Gasteiger charge is 2.22. The summed E-state index contributed by atoms with van der Waals surface area (Å²) in [5, 5.41) is 12.3. The third kappa shape index (κ3) is 3.59. The summed E-state index contributed by atoms with van der Waals surface area (Å²) in [5.41, 5.74) is 6.03. The van der Waals surface area contributed by atoms with E-state index in [0.717, 1.165) is 10.9 Å². The average Bonchev–Trinajstić information content (AvgIpc) is 2.86. The van der Waals surface area contributed by atoms with E-state index in [1.807, 2.05) is 24.3 Å². The number of primary amides is 1. The highest BCUT2D eigenvalue weighted by Crippen LogP contribution is 2.14. The summed E-state index contributed by atoms with van der Waals surface area (Å²) >= 11 is 0. The Bertz CT molecular complexity index is 659. The predicted octanol–water partition coefficient (Wildman–Crippen LogP) is 0.616. The van der Waals surface area contributed by atoms with Crippen LogP contribution in [0.2, 0.25) is 0 Å². The van der Waals surface area contributed by atoms with Crippen LogP contribution in [0.3, 0.4) is 0 Å². The fourth-order valence-electron chi connectivity index (χ4n) is 1.98. The van der Waals surface area contributed by atoms with Gasteiger partial charge in [0.1, 0.15) is 11.7 Å². The Morgan fingerprint density at radius 1 is 1.29 bits per heavy atom. The van der Waals surface area contributed by atoms with Gasteiger partial charge in [0, 0.05) is 17.3 Å². The molecule has 0 aliphatic heterocycles. The van der Waals surface area contributed by atoms with E-state index in [2.05, 4.69) is 10.3 Å². The van der Waals surface area contributed by atoms with Gasteiger partial charge in [0.2, 0.25) is 5.91 Å². The molecule has 0 unspecified atom stereocenters. The molecule has 7 nitrogen and oxygen atoms in total. The Kier molecular flexibility index (Phi) is 4.22. The van der Waals surface area contributed by atoms with Crippen LogP contribution in [0, 0.1) is 0 Å². The molecule has 0 radical (unpaired) electrons. The van der Waals surface area contributed by atoms with Crippen molar-refractivity contribution in [1.82, 2.24) is 10.3 Å². The third-order valence-electron chi connectivity index (χ3n) is 3.06. The van der Waals surface area contributed by atoms with Crippen LogP contribution < -0.4 is 11.1 Å². The molecule has 0 saturated carbocycles. The van der Waals surface area contributed by atoms with Gasteiger partial charge in [0.05, 0.1) is 0 Å². The summed E-state index contributed by atoms with van der Waals surface area (Å²) in [6, 6.07) is 7.80. The number of H-pyrrole nitrogens is 1. The fourth-order valence-corrected chi connectivity index (χ4v) is 1.98. The van der Waals surface area contributed by atoms with Gasteiger partial charge in [-0.2, -0.15) is 0 Å². The van der Waals surface area contributed by atoms with E-state index in [1.165, 1.54) is 0 Å². The minimum Gasteiger partial charge on any atom is -0.480 e. The van der Waals surface area contributed by atoms with Gasteiger partial charge in [0.25, 0.3) is 5.91 Å². The van der Waals surface area contributed by atoms with Crippen LogP contribution in [0.1, 0.15) is 23.3 Å². The van der Waals surface area contributed by atoms with Gasteiger partial charge in [-0.3, -0.25) is 9.59 Å². The minimum atomic E-state index is -1.21. The highest BCUT2D eigenvalue weighted by atomic mass is 16.4. The zero-order valence-electron chi connectivity index (χ0n) is 11.1. The van der Waals surface area contributed by atoms with Crippen molar-refractivity contribution in [2.45, 2.75) is 18.9 Å². The molecule has 1 heterocycles. The number of amides is 2. The topological polar surface area (TPSA) is 125 Å². The van der Waals surface area contributed by atoms with E-state index >= 15 is 0 Å². The number of nitrogens with one attached hydrogen (secondary N) is 2. The van der Waals surface area contributed by atoms with E-state index in [4.69, 9.17) is 10.8 Å². The van der Waals surface area contributed by atoms with Crippen molar-refractivity contribution in [2.75, 3.05) is 0 Å². The third-order valence-corrected chi connectivity index (χ3v) is 3.06. The number of hydrogen-bond acceptors (Lipinski definition) is 3. The number of para-hydroxylation sites is 1. The number of carbonyl (C=O) groups excluding carboxylic acids is 2. The number of carboxylic acid groups (broad SMARTS) is 1. The van der Waals surface area contributed by atoms with Gasteiger partial charge >= 0.3 is 5.97 Å². The molecular weight excluding hydrogens is 274 g/mol. The summed E-state index contributed by atoms with van der Waals surface area (Å²) in [6.07, 6.45) is -0.152. The summed E-state index contributed by atoms with van der Waals surface area (Å²) in [4.78, 5) is 36.7. The number of benzene rings is 1. The highest BCUT2D eigenvalue weighted by molar-refractivity contribution is 5.99. The molecular formula is C14H15N3O4. The molecule has 2 rings (SSSR count). The first-order chi connectivity index (χ1) is 9.97. The minimum absolute atomic E-state index is 0.0450. The van der Waals surface area contributed by atoms with Crippen molar-refractivity contribution in [1.29, 1.82) is 0 Å². The molecule has 2 amide bonds. The van der Waals surface area contributed by atoms with E-state index in [0.29, 0.717) is 0 Å². The van der Waals surface area contributed by atoms with Crippen LogP contribution in [0.5, 0.6) is 0 Å². The van der Waals surface area contributed by atoms with Crippen LogP contribution in [0.25, 0.3) is 10.9 Å². The van der Waals surface area contributed by atoms with Crippen LogP contribution in [-0.2, 0) is 9.59 Å². The quantitative estimate of drug-likeness (QED) is 0.621. The Morgan fingerprint density at radius 2 is 2.00 bits per heavy atom. The molecule has 0 aliphatic rings. The van der Waals surface area contributed by atoms with Crippen LogP contribution in [0.4, 0.5) is 0 Å². The molecule has 110 valence electrons. The first kappa shape index (κ1) is 14.6. The van der Waals surface area contributed by atoms with Crippen molar-refractivity contribution < 1.29 is 19.5 Å². The zero-order chi connectivity index (χ0) is 15.4. The Morgan fingerprint density at radius 3 is 2.62 bits per heavy atom. The van der Waals surface area contributed by atoms with Crippen molar-refractivity contribution in [3.63, 3.8) is 0 Å². The molecule has 7 heteroatoms. The molecule has 21 heavy (non-hydrogen) atoms. The second-order valence-corrected chi connectivity index (χ2v) is 4.64. The van der Waals surface area contributed by atoms with Gasteiger partial charge in [-0.05, 0) is 18.6 Å². The van der Waals surface area contributed by atoms with Crippen LogP contribution in [-0.4, -0.2) is 33.9 Å². The lowest BCUT2D eigenvalue weighted by atomic mass is 10.1. The molecule has 1 atom stereocenters. The standard InChI is InChI=1S/C14H15N3O4/c15-12(18)6-5-10(14(20)21)17-13(19)11-7-8-3-1-2-4-9(8)16-11/h1-4,7,10,16H,5-6H2,(H2,15,18)(H,17,19)(H,20,21)/t10-/m0/s1. The second-order valence-electron chi connectivity index (χ2n) is 4.64. The van der Waals surface area contributed by atoms with Crippen molar-refractivity contribution >= 4 is 28.7 Å². The summed E-state index contributed by atoms with van der Waals surface area (Å²) in [5.74, 6) is -2.36. The maximum atomic E-state index is 12.1. The number of hydrogen-bond donors (Lipinski definition) is 4. The predicted molar refractivity (Wildman–Crippen MR) is 75.6 cm³/mol. The Labute approximate surface area is 120 Å². The van der Waals surface area contributed by atoms with E-state index in [9.17, 15) is 14.4 Å². The van der Waals surface area contributed by atoms with E-state index in [1.54, 1.807) is 6.07 Å². The first-order valence-corrected chi connectivity index (χ1v) is 6.37. The molecule has 2 aromatic rings. The molecule has 1 aromatic carbocycles. The largest absolute Gasteiger partial charge is 0.480 e. The van der Waals surface area contributed by atoms with Gasteiger partial charge < -0.3 is 21.1 Å².